The van der Waals surface area contributed by atoms with Crippen LogP contribution in [0.3, 0.4) is 0 Å². The van der Waals surface area contributed by atoms with Crippen molar-refractivity contribution >= 4 is 11.9 Å². The number of fused-ring (bicyclic) bond motifs is 2. The number of benzene rings is 2. The molecule has 0 radical (unpaired) electrons. The molecule has 2 saturated heterocycles. The molecule has 2 unspecified atom stereocenters. The van der Waals surface area contributed by atoms with Crippen molar-refractivity contribution in [3.8, 4) is 0 Å². The molecule has 2 bridgehead atoms. The molecule has 4 nitrogen and oxygen atoms in total. The minimum absolute atomic E-state index is 0.148. The minimum Gasteiger partial charge on any atom is -0.445 e. The largest absolute Gasteiger partial charge is 0.445 e. The second-order valence-electron chi connectivity index (χ2n) is 8.06. The van der Waals surface area contributed by atoms with Crippen LogP contribution in [-0.2, 0) is 17.5 Å². The summed E-state index contributed by atoms with van der Waals surface area (Å²) in [6.07, 6.45) is -3.00. The Morgan fingerprint density at radius 2 is 1.65 bits per heavy atom. The number of amides is 1. The van der Waals surface area contributed by atoms with Crippen LogP contribution in [0.1, 0.15) is 47.2 Å². The molecular formula is C23H21F4NO3. The summed E-state index contributed by atoms with van der Waals surface area (Å²) in [5.74, 6) is -2.22. The zero-order valence-corrected chi connectivity index (χ0v) is 16.6. The van der Waals surface area contributed by atoms with Gasteiger partial charge in [0.05, 0.1) is 11.1 Å². The van der Waals surface area contributed by atoms with E-state index in [0.29, 0.717) is 31.7 Å². The number of rotatable bonds is 4. The Bertz CT molecular complexity index is 963. The predicted molar refractivity (Wildman–Crippen MR) is 104 cm³/mol. The van der Waals surface area contributed by atoms with Gasteiger partial charge in [-0.3, -0.25) is 4.79 Å². The number of hydrogen-bond acceptors (Lipinski definition) is 3. The second kappa shape index (κ2) is 8.32. The molecule has 2 aromatic carbocycles. The Morgan fingerprint density at radius 1 is 1.00 bits per heavy atom. The molecule has 31 heavy (non-hydrogen) atoms. The predicted octanol–water partition coefficient (Wildman–Crippen LogP) is 5.61. The lowest BCUT2D eigenvalue weighted by atomic mass is 9.84. The molecule has 0 spiro atoms. The number of alkyl halides is 3. The average Bonchev–Trinajstić information content (AvgIpc) is 3.01. The number of piperidine rings is 1. The normalized spacial score (nSPS) is 23.0. The summed E-state index contributed by atoms with van der Waals surface area (Å²) >= 11 is 0. The van der Waals surface area contributed by atoms with Crippen molar-refractivity contribution in [1.29, 1.82) is 0 Å². The maximum atomic E-state index is 14.3. The third-order valence-electron chi connectivity index (χ3n) is 6.08. The van der Waals surface area contributed by atoms with Gasteiger partial charge in [-0.2, -0.15) is 13.2 Å². The molecule has 2 aromatic rings. The summed E-state index contributed by atoms with van der Waals surface area (Å²) < 4.78 is 58.0. The van der Waals surface area contributed by atoms with Crippen molar-refractivity contribution in [2.24, 2.45) is 5.92 Å². The quantitative estimate of drug-likeness (QED) is 0.464. The Hall–Kier alpha value is -2.90. The molecule has 4 rings (SSSR count). The monoisotopic (exact) mass is 435 g/mol. The highest BCUT2D eigenvalue weighted by molar-refractivity contribution is 5.98. The van der Waals surface area contributed by atoms with Crippen molar-refractivity contribution in [1.82, 2.24) is 4.90 Å². The highest BCUT2D eigenvalue weighted by Gasteiger charge is 2.46. The number of halogens is 4. The zero-order valence-electron chi connectivity index (χ0n) is 16.6. The standard InChI is InChI=1S/C23H21F4NO3/c24-20-12-16(23(25,26)27)6-9-19(20)21(29)15-10-17-7-8-18(11-15)28(17)22(30)31-13-14-4-2-1-3-5-14/h1-6,9,12,15,17-18H,7-8,10-11,13H2. The second-order valence-corrected chi connectivity index (χ2v) is 8.06. The van der Waals surface area contributed by atoms with Crippen molar-refractivity contribution in [2.75, 3.05) is 0 Å². The number of Topliss-reactive ketones (excluding diaryl/α,β-unsaturated/α-hetero) is 1. The molecule has 0 aromatic heterocycles. The third kappa shape index (κ3) is 4.43. The van der Waals surface area contributed by atoms with Gasteiger partial charge in [-0.1, -0.05) is 30.3 Å². The molecule has 1 amide bonds. The Kier molecular flexibility index (Phi) is 5.73. The first-order chi connectivity index (χ1) is 14.7. The topological polar surface area (TPSA) is 46.6 Å². The van der Waals surface area contributed by atoms with E-state index in [2.05, 4.69) is 0 Å². The van der Waals surface area contributed by atoms with Crippen LogP contribution in [0.5, 0.6) is 0 Å². The lowest BCUT2D eigenvalue weighted by Gasteiger charge is -2.37. The van der Waals surface area contributed by atoms with E-state index >= 15 is 0 Å². The zero-order chi connectivity index (χ0) is 22.2. The van der Waals surface area contributed by atoms with Crippen LogP contribution < -0.4 is 0 Å². The van der Waals surface area contributed by atoms with E-state index in [1.54, 1.807) is 4.90 Å². The highest BCUT2D eigenvalue weighted by atomic mass is 19.4. The van der Waals surface area contributed by atoms with E-state index in [1.807, 2.05) is 30.3 Å². The maximum absolute atomic E-state index is 14.3. The first kappa shape index (κ1) is 21.3. The average molecular weight is 435 g/mol. The molecule has 2 aliphatic heterocycles. The molecular weight excluding hydrogens is 414 g/mol. The molecule has 2 aliphatic rings. The summed E-state index contributed by atoms with van der Waals surface area (Å²) in [5, 5.41) is 0. The first-order valence-corrected chi connectivity index (χ1v) is 10.1. The fourth-order valence-electron chi connectivity index (χ4n) is 4.59. The van der Waals surface area contributed by atoms with Crippen molar-refractivity contribution in [3.63, 3.8) is 0 Å². The van der Waals surface area contributed by atoms with Gasteiger partial charge in [-0.15, -0.1) is 0 Å². The molecule has 0 aliphatic carbocycles. The summed E-state index contributed by atoms with van der Waals surface area (Å²) in [5.41, 5.74) is -0.596. The van der Waals surface area contributed by atoms with Crippen LogP contribution in [0.15, 0.2) is 48.5 Å². The lowest BCUT2D eigenvalue weighted by Crippen LogP contribution is -2.48. The molecule has 0 saturated carbocycles. The Balaban J connectivity index is 1.42. The van der Waals surface area contributed by atoms with Gasteiger partial charge in [-0.25, -0.2) is 9.18 Å². The molecule has 8 heteroatoms. The molecule has 164 valence electrons. The van der Waals surface area contributed by atoms with E-state index in [1.165, 1.54) is 0 Å². The first-order valence-electron chi connectivity index (χ1n) is 10.1. The van der Waals surface area contributed by atoms with E-state index in [9.17, 15) is 27.2 Å². The van der Waals surface area contributed by atoms with Gasteiger partial charge in [-0.05, 0) is 49.4 Å². The van der Waals surface area contributed by atoms with Gasteiger partial charge < -0.3 is 9.64 Å². The number of carbonyl (C=O) groups excluding carboxylic acids is 2. The summed E-state index contributed by atoms with van der Waals surface area (Å²) in [7, 11) is 0. The third-order valence-corrected chi connectivity index (χ3v) is 6.08. The van der Waals surface area contributed by atoms with E-state index in [4.69, 9.17) is 4.74 Å². The van der Waals surface area contributed by atoms with Crippen LogP contribution in [0.4, 0.5) is 22.4 Å². The smallest absolute Gasteiger partial charge is 0.416 e. The van der Waals surface area contributed by atoms with Crippen LogP contribution in [-0.4, -0.2) is 28.9 Å². The number of nitrogens with zero attached hydrogens (tertiary/aromatic N) is 1. The van der Waals surface area contributed by atoms with Gasteiger partial charge in [0.25, 0.3) is 0 Å². The number of carbonyl (C=O) groups is 2. The van der Waals surface area contributed by atoms with E-state index < -0.39 is 35.4 Å². The fourth-order valence-corrected chi connectivity index (χ4v) is 4.59. The lowest BCUT2D eigenvalue weighted by molar-refractivity contribution is -0.137. The van der Waals surface area contributed by atoms with Gasteiger partial charge >= 0.3 is 12.3 Å². The fraction of sp³-hybridized carbons (Fsp3) is 0.391. The molecule has 0 N–H and O–H groups in total. The summed E-state index contributed by atoms with van der Waals surface area (Å²) in [6.45, 7) is 0.148. The highest BCUT2D eigenvalue weighted by Crippen LogP contribution is 2.41. The van der Waals surface area contributed by atoms with Gasteiger partial charge in [0.15, 0.2) is 5.78 Å². The Morgan fingerprint density at radius 3 is 2.23 bits per heavy atom. The molecule has 2 atom stereocenters. The molecule has 2 heterocycles. The number of hydrogen-bond donors (Lipinski definition) is 0. The van der Waals surface area contributed by atoms with Crippen LogP contribution in [0, 0.1) is 11.7 Å². The van der Waals surface area contributed by atoms with Crippen LogP contribution >= 0.6 is 0 Å². The van der Waals surface area contributed by atoms with Gasteiger partial charge in [0.1, 0.15) is 12.4 Å². The minimum atomic E-state index is -4.67. The summed E-state index contributed by atoms with van der Waals surface area (Å²) in [6, 6.07) is 10.9. The van der Waals surface area contributed by atoms with Gasteiger partial charge in [0, 0.05) is 18.0 Å². The number of ketones is 1. The SMILES string of the molecule is O=C(c1ccc(C(F)(F)F)cc1F)C1CC2CCC(C1)N2C(=O)OCc1ccccc1. The van der Waals surface area contributed by atoms with Crippen molar-refractivity contribution in [2.45, 2.75) is 50.6 Å². The Labute approximate surface area is 176 Å². The van der Waals surface area contributed by atoms with E-state index in [-0.39, 0.29) is 24.3 Å². The number of ether oxygens (including phenoxy) is 1. The van der Waals surface area contributed by atoms with Gasteiger partial charge in [0.2, 0.25) is 0 Å². The summed E-state index contributed by atoms with van der Waals surface area (Å²) in [4.78, 5) is 27.1. The van der Waals surface area contributed by atoms with E-state index in [0.717, 1.165) is 17.7 Å². The molecule has 2 fully saturated rings. The van der Waals surface area contributed by atoms with Crippen LogP contribution in [0.2, 0.25) is 0 Å². The van der Waals surface area contributed by atoms with Crippen molar-refractivity contribution < 1.29 is 31.9 Å². The van der Waals surface area contributed by atoms with Crippen LogP contribution in [0.25, 0.3) is 0 Å². The maximum Gasteiger partial charge on any atom is 0.416 e. The van der Waals surface area contributed by atoms with Crippen molar-refractivity contribution in [3.05, 3.63) is 71.0 Å².